The lowest BCUT2D eigenvalue weighted by Crippen LogP contribution is -2.38. The number of carbonyl (C=O) groups excluding carboxylic acids is 1. The Morgan fingerprint density at radius 1 is 1.12 bits per heavy atom. The van der Waals surface area contributed by atoms with Gasteiger partial charge in [-0.15, -0.1) is 5.10 Å². The van der Waals surface area contributed by atoms with Gasteiger partial charge < -0.3 is 4.90 Å². The average Bonchev–Trinajstić information content (AvgIpc) is 2.62. The predicted octanol–water partition coefficient (Wildman–Crippen LogP) is 2.01. The number of amides is 1. The van der Waals surface area contributed by atoms with Crippen molar-refractivity contribution in [1.82, 2.24) is 19.9 Å². The molecule has 1 aromatic heterocycles. The van der Waals surface area contributed by atoms with Gasteiger partial charge in [-0.05, 0) is 24.6 Å². The van der Waals surface area contributed by atoms with E-state index in [1.165, 1.54) is 0 Å². The molecule has 0 radical (unpaired) electrons. The molecule has 0 aliphatic carbocycles. The summed E-state index contributed by atoms with van der Waals surface area (Å²) in [6.07, 6.45) is 0. The highest BCUT2D eigenvalue weighted by Crippen LogP contribution is 2.11. The molecule has 24 heavy (non-hydrogen) atoms. The van der Waals surface area contributed by atoms with Crippen molar-refractivity contribution in [3.05, 3.63) is 70.5 Å². The van der Waals surface area contributed by atoms with Crippen LogP contribution in [0.1, 0.15) is 18.5 Å². The van der Waals surface area contributed by atoms with Gasteiger partial charge in [-0.2, -0.15) is 4.68 Å². The number of hydrogen-bond acceptors (Lipinski definition) is 4. The fourth-order valence-corrected chi connectivity index (χ4v) is 2.61. The van der Waals surface area contributed by atoms with Crippen LogP contribution in [0.3, 0.4) is 0 Å². The van der Waals surface area contributed by atoms with Gasteiger partial charge in [-0.25, -0.2) is 0 Å². The van der Waals surface area contributed by atoms with Crippen molar-refractivity contribution in [1.29, 1.82) is 0 Å². The lowest BCUT2D eigenvalue weighted by molar-refractivity contribution is -0.133. The monoisotopic (exact) mass is 322 g/mol. The van der Waals surface area contributed by atoms with Gasteiger partial charge in [0.1, 0.15) is 11.6 Å². The maximum atomic E-state index is 12.6. The molecule has 122 valence electrons. The van der Waals surface area contributed by atoms with Gasteiger partial charge in [0, 0.05) is 13.6 Å². The first kappa shape index (κ1) is 15.9. The molecule has 1 heterocycles. The van der Waals surface area contributed by atoms with E-state index in [1.807, 2.05) is 30.3 Å². The first-order chi connectivity index (χ1) is 11.6. The average molecular weight is 322 g/mol. The van der Waals surface area contributed by atoms with E-state index in [-0.39, 0.29) is 11.5 Å². The van der Waals surface area contributed by atoms with Gasteiger partial charge >= 0.3 is 0 Å². The molecule has 0 spiro atoms. The van der Waals surface area contributed by atoms with E-state index in [0.29, 0.717) is 17.4 Å². The second-order valence-corrected chi connectivity index (χ2v) is 5.71. The SMILES string of the molecule is C[C@H](C(=O)N(C)Cc1ccccc1)n1nnc2ccccc2c1=O. The molecular weight excluding hydrogens is 304 g/mol. The van der Waals surface area contributed by atoms with Crippen LogP contribution < -0.4 is 5.56 Å². The van der Waals surface area contributed by atoms with Crippen LogP contribution in [0.2, 0.25) is 0 Å². The van der Waals surface area contributed by atoms with Crippen LogP contribution >= 0.6 is 0 Å². The Bertz CT molecular complexity index is 921. The third-order valence-corrected chi connectivity index (χ3v) is 3.95. The zero-order valence-corrected chi connectivity index (χ0v) is 13.6. The van der Waals surface area contributed by atoms with Crippen LogP contribution in [-0.2, 0) is 11.3 Å². The number of carbonyl (C=O) groups is 1. The smallest absolute Gasteiger partial charge is 0.278 e. The van der Waals surface area contributed by atoms with E-state index in [2.05, 4.69) is 10.3 Å². The maximum Gasteiger partial charge on any atom is 0.278 e. The molecule has 1 amide bonds. The van der Waals surface area contributed by atoms with Crippen molar-refractivity contribution in [3.8, 4) is 0 Å². The molecule has 0 saturated heterocycles. The first-order valence-electron chi connectivity index (χ1n) is 7.71. The summed E-state index contributed by atoms with van der Waals surface area (Å²) < 4.78 is 1.14. The predicted molar refractivity (Wildman–Crippen MR) is 91.4 cm³/mol. The summed E-state index contributed by atoms with van der Waals surface area (Å²) in [5, 5.41) is 8.41. The Balaban J connectivity index is 1.85. The van der Waals surface area contributed by atoms with Gasteiger partial charge in [0.2, 0.25) is 5.91 Å². The molecule has 2 aromatic carbocycles. The molecule has 0 unspecified atom stereocenters. The van der Waals surface area contributed by atoms with Gasteiger partial charge in [0.05, 0.1) is 5.39 Å². The first-order valence-corrected chi connectivity index (χ1v) is 7.71. The van der Waals surface area contributed by atoms with Crippen LogP contribution in [0.5, 0.6) is 0 Å². The number of aromatic nitrogens is 3. The Morgan fingerprint density at radius 2 is 1.79 bits per heavy atom. The molecule has 0 bridgehead atoms. The van der Waals surface area contributed by atoms with E-state index in [9.17, 15) is 9.59 Å². The molecule has 0 N–H and O–H groups in total. The quantitative estimate of drug-likeness (QED) is 0.737. The van der Waals surface area contributed by atoms with Gasteiger partial charge in [-0.1, -0.05) is 47.7 Å². The van der Waals surface area contributed by atoms with E-state index in [0.717, 1.165) is 10.2 Å². The fourth-order valence-electron chi connectivity index (χ4n) is 2.61. The van der Waals surface area contributed by atoms with E-state index in [1.54, 1.807) is 43.1 Å². The van der Waals surface area contributed by atoms with Crippen molar-refractivity contribution in [2.45, 2.75) is 19.5 Å². The highest BCUT2D eigenvalue weighted by atomic mass is 16.2. The molecule has 0 fully saturated rings. The zero-order chi connectivity index (χ0) is 17.1. The van der Waals surface area contributed by atoms with Gasteiger partial charge in [-0.3, -0.25) is 9.59 Å². The highest BCUT2D eigenvalue weighted by Gasteiger charge is 2.22. The molecule has 6 heteroatoms. The second-order valence-electron chi connectivity index (χ2n) is 5.71. The summed E-state index contributed by atoms with van der Waals surface area (Å²) in [6.45, 7) is 2.13. The molecule has 0 aliphatic rings. The molecule has 3 rings (SSSR count). The standard InChI is InChI=1S/C18H18N4O2/c1-13(17(23)21(2)12-14-8-4-3-5-9-14)22-18(24)15-10-6-7-11-16(15)19-20-22/h3-11,13H,12H2,1-2H3/t13-/m1/s1. The number of hydrogen-bond donors (Lipinski definition) is 0. The number of rotatable bonds is 4. The van der Waals surface area contributed by atoms with E-state index in [4.69, 9.17) is 0 Å². The molecule has 0 saturated carbocycles. The largest absolute Gasteiger partial charge is 0.340 e. The number of benzene rings is 2. The maximum absolute atomic E-state index is 12.6. The second kappa shape index (κ2) is 6.62. The normalized spacial score (nSPS) is 12.1. The minimum atomic E-state index is -0.719. The molecule has 3 aromatic rings. The fraction of sp³-hybridized carbons (Fsp3) is 0.222. The zero-order valence-electron chi connectivity index (χ0n) is 13.6. The summed E-state index contributed by atoms with van der Waals surface area (Å²) in [7, 11) is 1.71. The summed E-state index contributed by atoms with van der Waals surface area (Å²) in [5.41, 5.74) is 1.24. The van der Waals surface area contributed by atoms with Crippen molar-refractivity contribution < 1.29 is 4.79 Å². The number of likely N-dealkylation sites (N-methyl/N-ethyl adjacent to an activating group) is 1. The Hall–Kier alpha value is -3.02. The third-order valence-electron chi connectivity index (χ3n) is 3.95. The Labute approximate surface area is 139 Å². The van der Waals surface area contributed by atoms with Crippen LogP contribution in [0.4, 0.5) is 0 Å². The molecule has 6 nitrogen and oxygen atoms in total. The molecule has 0 aliphatic heterocycles. The molecule has 1 atom stereocenters. The van der Waals surface area contributed by atoms with Crippen LogP contribution in [0.15, 0.2) is 59.4 Å². The lowest BCUT2D eigenvalue weighted by Gasteiger charge is -2.21. The topological polar surface area (TPSA) is 68.1 Å². The summed E-state index contributed by atoms with van der Waals surface area (Å²) in [4.78, 5) is 26.8. The molecular formula is C18H18N4O2. The minimum Gasteiger partial charge on any atom is -0.340 e. The third kappa shape index (κ3) is 3.03. The van der Waals surface area contributed by atoms with Crippen molar-refractivity contribution in [3.63, 3.8) is 0 Å². The summed E-state index contributed by atoms with van der Waals surface area (Å²) in [6, 6.07) is 15.9. The minimum absolute atomic E-state index is 0.189. The summed E-state index contributed by atoms with van der Waals surface area (Å²) in [5.74, 6) is -0.189. The Morgan fingerprint density at radius 3 is 2.54 bits per heavy atom. The highest BCUT2D eigenvalue weighted by molar-refractivity contribution is 5.81. The van der Waals surface area contributed by atoms with Crippen molar-refractivity contribution in [2.75, 3.05) is 7.05 Å². The lowest BCUT2D eigenvalue weighted by atomic mass is 10.2. The Kier molecular flexibility index (Phi) is 4.37. The number of fused-ring (bicyclic) bond motifs is 1. The van der Waals surface area contributed by atoms with Crippen molar-refractivity contribution in [2.24, 2.45) is 0 Å². The van der Waals surface area contributed by atoms with Gasteiger partial charge in [0.25, 0.3) is 5.56 Å². The van der Waals surface area contributed by atoms with Crippen LogP contribution in [0, 0.1) is 0 Å². The van der Waals surface area contributed by atoms with Gasteiger partial charge in [0.15, 0.2) is 0 Å². The van der Waals surface area contributed by atoms with Crippen LogP contribution in [-0.4, -0.2) is 32.8 Å². The van der Waals surface area contributed by atoms with Crippen LogP contribution in [0.25, 0.3) is 10.9 Å². The summed E-state index contributed by atoms with van der Waals surface area (Å²) >= 11 is 0. The van der Waals surface area contributed by atoms with Crippen molar-refractivity contribution >= 4 is 16.8 Å². The van der Waals surface area contributed by atoms with E-state index >= 15 is 0 Å². The van der Waals surface area contributed by atoms with E-state index < -0.39 is 6.04 Å². The number of nitrogens with zero attached hydrogens (tertiary/aromatic N) is 4.